The SMILES string of the molecule is C=CC1=CCO[C@@H]2[C@H](CN[C@@H]2C(=O)N[C@H]([C@H](C)Cl)[C@H]2OC(SC)[C@H](O)[C@H](O)C2O)C1.CSC1O[C@H]([C@H](NC(=O)[C@H]2NC[C@@H]3CC=CCO[C@@H]32)[C@H](C)Cl)C(O)[C@@H](O)[C@H]1O.CSC1O[C@H]([C@H](NC(=O)[C@H]2NC[C@@H]3CCCCO[C@@H]32)[C@H](C)Cl)C(O)[C@@H](O)[C@H]1O.CSC1O[C@H]([C@H](NC(=O)[C@H]2NC[C@@H]3C[C@H]4C[C@H]4CO[C@H]32)[C@H](C)Cl)C(O)[C@@H](O)[C@H]1O.CSC1O[C@H]([C@H](NC(=O)[C@H]2NC[C@H]3CC=CCO[C@H]32)[C@H](C)Cl)C(O)[C@@H](O)[C@H]1O. The minimum Gasteiger partial charge on any atom is -0.388 e. The number of ether oxygens (including phenoxy) is 10. The van der Waals surface area contributed by atoms with Crippen LogP contribution in [0.25, 0.3) is 0 Å². The highest BCUT2D eigenvalue weighted by Gasteiger charge is 2.58. The van der Waals surface area contributed by atoms with Gasteiger partial charge in [-0.1, -0.05) is 49.5 Å². The molecular weight excluding hydrogens is 2070 g/mol. The lowest BCUT2D eigenvalue weighted by Gasteiger charge is -2.44. The van der Waals surface area contributed by atoms with Crippen LogP contribution in [0, 0.1) is 41.4 Å². The molecule has 1 aliphatic carbocycles. The topological polar surface area (TPSA) is 601 Å². The third-order valence-corrected chi connectivity index (χ3v) is 35.8. The number of aliphatic hydroxyl groups is 15. The highest BCUT2D eigenvalue weighted by atomic mass is 35.5. The third kappa shape index (κ3) is 29.0. The lowest BCUT2D eigenvalue weighted by Crippen LogP contribution is -2.65. The molecular formula is C93H151Cl5N10O30S5. The Bertz CT molecular complexity index is 3960. The number of halogens is 5. The van der Waals surface area contributed by atoms with Crippen LogP contribution in [0.2, 0.25) is 0 Å². The number of hydrogen-bond donors (Lipinski definition) is 25. The van der Waals surface area contributed by atoms with Crippen molar-refractivity contribution in [1.29, 1.82) is 0 Å². The fourth-order valence-corrected chi connectivity index (χ4v) is 26.2. The Morgan fingerprint density at radius 1 is 0.343 bits per heavy atom. The van der Waals surface area contributed by atoms with E-state index in [4.69, 9.17) is 105 Å². The minimum atomic E-state index is -1.40. The molecule has 0 bridgehead atoms. The van der Waals surface area contributed by atoms with Gasteiger partial charge in [0.2, 0.25) is 29.5 Å². The van der Waals surface area contributed by atoms with Gasteiger partial charge < -0.3 is 177 Å². The zero-order valence-electron chi connectivity index (χ0n) is 81.7. The van der Waals surface area contributed by atoms with Crippen molar-refractivity contribution in [1.82, 2.24) is 53.2 Å². The molecule has 1 saturated carbocycles. The molecule has 818 valence electrons. The average Bonchev–Trinajstić information content (AvgIpc) is 1.65. The van der Waals surface area contributed by atoms with Crippen LogP contribution in [0.15, 0.2) is 48.6 Å². The quantitative estimate of drug-likeness (QED) is 0.0301. The van der Waals surface area contributed by atoms with Crippen molar-refractivity contribution in [2.45, 2.75) is 353 Å². The Hall–Kier alpha value is -1.69. The summed E-state index contributed by atoms with van der Waals surface area (Å²) in [5.74, 6) is 1.19. The fraction of sp³-hybridized carbons (Fsp3) is 0.860. The molecule has 16 rings (SSSR count). The maximum absolute atomic E-state index is 13.1. The summed E-state index contributed by atoms with van der Waals surface area (Å²) in [6.07, 6.45) is 2.51. The summed E-state index contributed by atoms with van der Waals surface area (Å²) in [7, 11) is 0. The van der Waals surface area contributed by atoms with E-state index in [0.717, 1.165) is 69.5 Å². The maximum atomic E-state index is 13.1. The normalized spacial score (nSPS) is 43.9. The first-order valence-electron chi connectivity index (χ1n) is 49.3. The zero-order valence-corrected chi connectivity index (χ0v) is 89.5. The second kappa shape index (κ2) is 55.6. The second-order valence-electron chi connectivity index (χ2n) is 39.8. The zero-order chi connectivity index (χ0) is 104. The Balaban J connectivity index is 0.000000160. The first-order valence-corrected chi connectivity index (χ1v) is 58.0. The van der Waals surface area contributed by atoms with Gasteiger partial charge >= 0.3 is 0 Å². The van der Waals surface area contributed by atoms with Crippen LogP contribution >= 0.6 is 117 Å². The first kappa shape index (κ1) is 120. The van der Waals surface area contributed by atoms with Gasteiger partial charge in [0.15, 0.2) is 0 Å². The predicted octanol–water partition coefficient (Wildman–Crippen LogP) is -3.13. The van der Waals surface area contributed by atoms with Crippen LogP contribution in [0.5, 0.6) is 0 Å². The van der Waals surface area contributed by atoms with E-state index < -0.39 is 237 Å². The molecule has 10 unspecified atom stereocenters. The number of rotatable bonds is 26. The number of allylic oxidation sites excluding steroid dienone is 4. The molecule has 25 N–H and O–H groups in total. The molecule has 13 fully saturated rings. The summed E-state index contributed by atoms with van der Waals surface area (Å²) in [4.78, 5) is 65.2. The van der Waals surface area contributed by atoms with Gasteiger partial charge in [-0.3, -0.25) is 24.0 Å². The molecule has 15 aliphatic heterocycles. The van der Waals surface area contributed by atoms with Crippen molar-refractivity contribution in [3.63, 3.8) is 0 Å². The largest absolute Gasteiger partial charge is 0.388 e. The van der Waals surface area contributed by atoms with Crippen LogP contribution in [0.3, 0.4) is 0 Å². The van der Waals surface area contributed by atoms with Crippen LogP contribution < -0.4 is 53.2 Å². The lowest BCUT2D eigenvalue weighted by molar-refractivity contribution is -0.205. The number of aliphatic hydroxyl groups excluding tert-OH is 15. The summed E-state index contributed by atoms with van der Waals surface area (Å²) >= 11 is 37.7. The van der Waals surface area contributed by atoms with E-state index in [1.165, 1.54) is 65.2 Å². The van der Waals surface area contributed by atoms with Gasteiger partial charge in [0.1, 0.15) is 179 Å². The van der Waals surface area contributed by atoms with Crippen molar-refractivity contribution in [2.75, 3.05) is 97.0 Å². The lowest BCUT2D eigenvalue weighted by atomic mass is 9.92. The predicted molar refractivity (Wildman–Crippen MR) is 543 cm³/mol. The third-order valence-electron chi connectivity index (χ3n) is 30.2. The van der Waals surface area contributed by atoms with E-state index in [2.05, 4.69) is 71.9 Å². The molecule has 40 nitrogen and oxygen atoms in total. The number of fused-ring (bicyclic) bond motifs is 6. The number of amides is 5. The van der Waals surface area contributed by atoms with Gasteiger partial charge in [-0.05, 0) is 140 Å². The van der Waals surface area contributed by atoms with Gasteiger partial charge in [0, 0.05) is 57.1 Å². The second-order valence-corrected chi connectivity index (χ2v) is 47.9. The Labute approximate surface area is 881 Å². The molecule has 12 saturated heterocycles. The molecule has 0 spiro atoms. The van der Waals surface area contributed by atoms with Gasteiger partial charge in [0.05, 0.1) is 114 Å². The first-order chi connectivity index (χ1) is 68.1. The van der Waals surface area contributed by atoms with E-state index in [0.29, 0.717) is 70.4 Å². The van der Waals surface area contributed by atoms with Crippen molar-refractivity contribution in [2.24, 2.45) is 41.4 Å². The Kier molecular flexibility index (Phi) is 46.6. The van der Waals surface area contributed by atoms with E-state index in [1.807, 2.05) is 24.3 Å². The van der Waals surface area contributed by atoms with Gasteiger partial charge in [-0.2, -0.15) is 0 Å². The van der Waals surface area contributed by atoms with Crippen LogP contribution in [-0.4, -0.2) is 470 Å². The summed E-state index contributed by atoms with van der Waals surface area (Å²) in [5.41, 5.74) is -2.55. The Morgan fingerprint density at radius 2 is 0.615 bits per heavy atom. The molecule has 15 heterocycles. The summed E-state index contributed by atoms with van der Waals surface area (Å²) in [5, 5.41) is 181. The fourth-order valence-electron chi connectivity index (χ4n) is 21.8. The number of nitrogens with one attached hydrogen (secondary N) is 10. The highest BCUT2D eigenvalue weighted by molar-refractivity contribution is 8.00. The monoisotopic (exact) mass is 2220 g/mol. The Morgan fingerprint density at radius 3 is 0.923 bits per heavy atom. The smallest absolute Gasteiger partial charge is 0.240 e. The number of hydrogen-bond acceptors (Lipinski definition) is 40. The average molecular weight is 2230 g/mol. The van der Waals surface area contributed by atoms with E-state index in [-0.39, 0.29) is 77.8 Å². The molecule has 0 aromatic rings. The summed E-state index contributed by atoms with van der Waals surface area (Å²) < 4.78 is 58.6. The summed E-state index contributed by atoms with van der Waals surface area (Å²) in [6, 6.07) is -6.39. The number of carbonyl (C=O) groups excluding carboxylic acids is 5. The molecule has 0 radical (unpaired) electrons. The summed E-state index contributed by atoms with van der Waals surface area (Å²) in [6.45, 7) is 18.4. The molecule has 143 heavy (non-hydrogen) atoms. The molecule has 16 aliphatic rings. The van der Waals surface area contributed by atoms with Crippen LogP contribution in [-0.2, 0) is 71.3 Å². The van der Waals surface area contributed by atoms with Crippen molar-refractivity contribution in [3.8, 4) is 0 Å². The van der Waals surface area contributed by atoms with Crippen molar-refractivity contribution < 1.29 is 148 Å². The number of thioether (sulfide) groups is 5. The van der Waals surface area contributed by atoms with E-state index in [1.54, 1.807) is 65.9 Å². The molecule has 50 heteroatoms. The van der Waals surface area contributed by atoms with Gasteiger partial charge in [0.25, 0.3) is 0 Å². The van der Waals surface area contributed by atoms with Crippen molar-refractivity contribution >= 4 is 146 Å². The van der Waals surface area contributed by atoms with Gasteiger partial charge in [-0.15, -0.1) is 117 Å². The molecule has 0 aromatic heterocycles. The van der Waals surface area contributed by atoms with Crippen LogP contribution in [0.4, 0.5) is 0 Å². The highest BCUT2D eigenvalue weighted by Crippen LogP contribution is 2.49. The van der Waals surface area contributed by atoms with E-state index >= 15 is 0 Å². The van der Waals surface area contributed by atoms with Crippen LogP contribution in [0.1, 0.15) is 86.0 Å². The van der Waals surface area contributed by atoms with Crippen molar-refractivity contribution in [3.05, 3.63) is 48.6 Å². The standard InChI is InChI=1S/C20H31ClN2O6S.C19H31ClN2O6S.C18H31ClN2O6S.2C18H29ClN2O6S/c1-4-10-5-6-28-17-11(7-10)8-22-13(17)19(27)23-12(9(2)21)18-15(25)14(24)16(26)20(29-18)30-3;1-7(20)11(17-14(24)13(23)15(25)19(28-17)29-2)22-18(26)12-16-9(5-21-12)3-8-4-10(8)6-27-16;3*1-8(19)10(16-13(23)12(22)14(24)18(27-16)28-2)21-17(25)11-15-9(7-20-11)5-3-4-6-26-15/h4-5,9,11-18,20,22,24-26H,1,6-8H2,2-3H3,(H,23,27);7-17,19,21,23-25H,3-6H2,1-2H3,(H,22,26);8-16,18,20,22-24H,3-7H2,1-2H3,(H,21,25);2*3-4,8-16,18,20,22-24H,5-7H2,1-2H3,(H,21,25)/t9-,11-,12+,13-,14+,15?,16+,17+,18+,20?;7-,8-,9-,10-,11+,12-,13+,14?,15+,16+,17+,19?;8-,9-,10+,11-,12+,13?,14+,15-,16+,18?;8-,9+,10+,11-,12+,13?,14+,15+,16+,18?;8-,9-,10+,11-,12+,13?,14+,15-,16+,18?/m00000/s1. The minimum absolute atomic E-state index is 0.147. The van der Waals surface area contributed by atoms with E-state index in [9.17, 15) is 101 Å². The number of alkyl halides is 5. The molecule has 5 amide bonds. The van der Waals surface area contributed by atoms with Gasteiger partial charge in [-0.25, -0.2) is 0 Å². The molecule has 0 aromatic carbocycles. The number of carbonyl (C=O) groups is 5. The maximum Gasteiger partial charge on any atom is 0.240 e. The molecule has 52 atom stereocenters.